The van der Waals surface area contributed by atoms with Gasteiger partial charge in [0.2, 0.25) is 0 Å². The summed E-state index contributed by atoms with van der Waals surface area (Å²) in [6.07, 6.45) is 5.48. The summed E-state index contributed by atoms with van der Waals surface area (Å²) < 4.78 is 0.462. The van der Waals surface area contributed by atoms with Gasteiger partial charge < -0.3 is 5.73 Å². The number of hydrogen-bond donors (Lipinski definition) is 1. The van der Waals surface area contributed by atoms with E-state index < -0.39 is 0 Å². The van der Waals surface area contributed by atoms with Crippen molar-refractivity contribution in [2.45, 2.75) is 51.2 Å². The van der Waals surface area contributed by atoms with Gasteiger partial charge in [-0.1, -0.05) is 33.6 Å². The van der Waals surface area contributed by atoms with E-state index in [1.807, 2.05) is 0 Å². The monoisotopic (exact) mass is 215 g/mol. The molecular weight excluding hydrogens is 190 g/mol. The first-order valence-corrected chi connectivity index (χ1v) is 6.94. The van der Waals surface area contributed by atoms with E-state index in [9.17, 15) is 0 Å². The predicted octanol–water partition coefficient (Wildman–Crippen LogP) is 3.28. The van der Waals surface area contributed by atoms with Crippen molar-refractivity contribution in [1.82, 2.24) is 0 Å². The minimum absolute atomic E-state index is 0.462. The molecule has 1 fully saturated rings. The van der Waals surface area contributed by atoms with Crippen molar-refractivity contribution >= 4 is 11.8 Å². The molecule has 0 bridgehead atoms. The predicted molar refractivity (Wildman–Crippen MR) is 66.7 cm³/mol. The summed E-state index contributed by atoms with van der Waals surface area (Å²) in [7, 11) is 0. The third-order valence-corrected chi connectivity index (χ3v) is 5.06. The Balaban J connectivity index is 2.26. The number of nitrogens with two attached hydrogens (primary N) is 1. The molecule has 0 radical (unpaired) electrons. The first-order chi connectivity index (χ1) is 6.62. The molecule has 0 saturated heterocycles. The number of thioether (sulfide) groups is 1. The smallest absolute Gasteiger partial charge is 0.0287 e. The third kappa shape index (κ3) is 3.16. The quantitative estimate of drug-likeness (QED) is 0.736. The lowest BCUT2D eigenvalue weighted by Crippen LogP contribution is -2.47. The second-order valence-corrected chi connectivity index (χ2v) is 6.64. The van der Waals surface area contributed by atoms with Crippen LogP contribution in [0.1, 0.15) is 46.5 Å². The lowest BCUT2D eigenvalue weighted by atomic mass is 9.72. The molecule has 14 heavy (non-hydrogen) atoms. The van der Waals surface area contributed by atoms with Crippen LogP contribution in [-0.4, -0.2) is 17.0 Å². The Hall–Kier alpha value is 0.310. The fraction of sp³-hybridized carbons (Fsp3) is 1.00. The van der Waals surface area contributed by atoms with Crippen LogP contribution in [0.3, 0.4) is 0 Å². The number of rotatable bonds is 6. The van der Waals surface area contributed by atoms with Crippen LogP contribution in [0.5, 0.6) is 0 Å². The largest absolute Gasteiger partial charge is 0.329 e. The van der Waals surface area contributed by atoms with Gasteiger partial charge >= 0.3 is 0 Å². The minimum Gasteiger partial charge on any atom is -0.329 e. The topological polar surface area (TPSA) is 26.0 Å². The molecular formula is C12H25NS. The lowest BCUT2D eigenvalue weighted by molar-refractivity contribution is 0.220. The van der Waals surface area contributed by atoms with E-state index in [-0.39, 0.29) is 0 Å². The van der Waals surface area contributed by atoms with Gasteiger partial charge in [0.1, 0.15) is 0 Å². The summed E-state index contributed by atoms with van der Waals surface area (Å²) in [6, 6.07) is 0. The molecule has 0 heterocycles. The molecule has 0 unspecified atom stereocenters. The molecule has 2 heteroatoms. The highest BCUT2D eigenvalue weighted by Crippen LogP contribution is 2.49. The molecule has 0 amide bonds. The van der Waals surface area contributed by atoms with Gasteiger partial charge in [-0.2, -0.15) is 11.8 Å². The number of hydrogen-bond acceptors (Lipinski definition) is 2. The van der Waals surface area contributed by atoms with Crippen molar-refractivity contribution in [1.29, 1.82) is 0 Å². The van der Waals surface area contributed by atoms with E-state index in [2.05, 4.69) is 32.5 Å². The molecule has 0 aromatic rings. The van der Waals surface area contributed by atoms with E-state index >= 15 is 0 Å². The molecule has 1 aliphatic rings. The lowest BCUT2D eigenvalue weighted by Gasteiger charge is -2.47. The van der Waals surface area contributed by atoms with Crippen LogP contribution in [0.2, 0.25) is 0 Å². The highest BCUT2D eigenvalue weighted by atomic mass is 32.2. The maximum absolute atomic E-state index is 5.89. The molecule has 1 rings (SSSR count). The van der Waals surface area contributed by atoms with Gasteiger partial charge in [0.25, 0.3) is 0 Å². The molecule has 1 saturated carbocycles. The maximum Gasteiger partial charge on any atom is 0.0287 e. The Morgan fingerprint density at radius 3 is 2.50 bits per heavy atom. The summed E-state index contributed by atoms with van der Waals surface area (Å²) in [5.41, 5.74) is 5.89. The first-order valence-electron chi connectivity index (χ1n) is 5.96. The van der Waals surface area contributed by atoms with E-state index in [1.54, 1.807) is 0 Å². The molecule has 2 N–H and O–H groups in total. The zero-order valence-corrected chi connectivity index (χ0v) is 10.7. The molecule has 0 aliphatic heterocycles. The van der Waals surface area contributed by atoms with Gasteiger partial charge in [-0.3, -0.25) is 0 Å². The average Bonchev–Trinajstić information content (AvgIpc) is 2.08. The van der Waals surface area contributed by atoms with Crippen molar-refractivity contribution in [3.8, 4) is 0 Å². The van der Waals surface area contributed by atoms with Gasteiger partial charge in [-0.05, 0) is 30.4 Å². The third-order valence-electron chi connectivity index (χ3n) is 3.11. The average molecular weight is 215 g/mol. The molecule has 0 aromatic carbocycles. The molecule has 1 nitrogen and oxygen atoms in total. The Kier molecular flexibility index (Phi) is 4.78. The Morgan fingerprint density at radius 1 is 1.43 bits per heavy atom. The molecule has 0 atom stereocenters. The molecule has 1 aliphatic carbocycles. The summed E-state index contributed by atoms with van der Waals surface area (Å²) >= 11 is 2.12. The molecule has 0 aromatic heterocycles. The van der Waals surface area contributed by atoms with Crippen LogP contribution in [0, 0.1) is 11.8 Å². The summed E-state index contributed by atoms with van der Waals surface area (Å²) in [5.74, 6) is 3.05. The first kappa shape index (κ1) is 12.4. The van der Waals surface area contributed by atoms with Crippen molar-refractivity contribution in [3.05, 3.63) is 0 Å². The van der Waals surface area contributed by atoms with Crippen molar-refractivity contribution < 1.29 is 0 Å². The van der Waals surface area contributed by atoms with Crippen LogP contribution in [0.15, 0.2) is 0 Å². The standard InChI is InChI=1S/C12H25NS/c1-4-5-11-6-12(7-11,9-13)14-8-10(2)3/h10-11H,4-9,13H2,1-3H3. The van der Waals surface area contributed by atoms with Crippen LogP contribution in [0.25, 0.3) is 0 Å². The van der Waals surface area contributed by atoms with E-state index in [0.717, 1.165) is 18.4 Å². The summed E-state index contributed by atoms with van der Waals surface area (Å²) in [5, 5.41) is 0. The van der Waals surface area contributed by atoms with Crippen molar-refractivity contribution in [3.63, 3.8) is 0 Å². The SMILES string of the molecule is CCCC1CC(CN)(SCC(C)C)C1. The fourth-order valence-corrected chi connectivity index (χ4v) is 3.80. The van der Waals surface area contributed by atoms with E-state index in [4.69, 9.17) is 5.73 Å². The van der Waals surface area contributed by atoms with Gasteiger partial charge in [-0.15, -0.1) is 0 Å². The normalized spacial score (nSPS) is 31.9. The van der Waals surface area contributed by atoms with Crippen LogP contribution >= 0.6 is 11.8 Å². The Bertz CT molecular complexity index is 162. The van der Waals surface area contributed by atoms with E-state index in [0.29, 0.717) is 4.75 Å². The highest BCUT2D eigenvalue weighted by Gasteiger charge is 2.42. The van der Waals surface area contributed by atoms with Gasteiger partial charge in [0.05, 0.1) is 0 Å². The second kappa shape index (κ2) is 5.41. The van der Waals surface area contributed by atoms with E-state index in [1.165, 1.54) is 31.4 Å². The van der Waals surface area contributed by atoms with Crippen LogP contribution in [-0.2, 0) is 0 Å². The fourth-order valence-electron chi connectivity index (χ4n) is 2.29. The van der Waals surface area contributed by atoms with Crippen molar-refractivity contribution in [2.75, 3.05) is 12.3 Å². The van der Waals surface area contributed by atoms with Gasteiger partial charge in [0, 0.05) is 11.3 Å². The van der Waals surface area contributed by atoms with Crippen molar-refractivity contribution in [2.24, 2.45) is 17.6 Å². The van der Waals surface area contributed by atoms with Crippen LogP contribution < -0.4 is 5.73 Å². The Morgan fingerprint density at radius 2 is 2.07 bits per heavy atom. The molecule has 0 spiro atoms. The zero-order valence-electron chi connectivity index (χ0n) is 9.88. The second-order valence-electron chi connectivity index (χ2n) is 5.15. The minimum atomic E-state index is 0.462. The Labute approximate surface area is 93.2 Å². The maximum atomic E-state index is 5.89. The summed E-state index contributed by atoms with van der Waals surface area (Å²) in [6.45, 7) is 7.74. The summed E-state index contributed by atoms with van der Waals surface area (Å²) in [4.78, 5) is 0. The van der Waals surface area contributed by atoms with Crippen LogP contribution in [0.4, 0.5) is 0 Å². The van der Waals surface area contributed by atoms with Gasteiger partial charge in [0.15, 0.2) is 0 Å². The highest BCUT2D eigenvalue weighted by molar-refractivity contribution is 8.00. The van der Waals surface area contributed by atoms with Gasteiger partial charge in [-0.25, -0.2) is 0 Å². The molecule has 84 valence electrons. The zero-order chi connectivity index (χ0) is 10.6.